The van der Waals surface area contributed by atoms with Crippen molar-refractivity contribution in [2.75, 3.05) is 6.61 Å². The van der Waals surface area contributed by atoms with Crippen molar-refractivity contribution >= 4 is 28.5 Å². The van der Waals surface area contributed by atoms with E-state index in [-0.39, 0.29) is 5.97 Å². The predicted octanol–water partition coefficient (Wildman–Crippen LogP) is 4.58. The molecule has 0 saturated heterocycles. The number of ether oxygens (including phenoxy) is 2. The van der Waals surface area contributed by atoms with Crippen LogP contribution in [0.1, 0.15) is 23.0 Å². The average Bonchev–Trinajstić information content (AvgIpc) is 2.98. The molecule has 5 heteroatoms. The number of hydrogen-bond donors (Lipinski definition) is 1. The minimum atomic E-state index is -0.371. The first kappa shape index (κ1) is 15.4. The van der Waals surface area contributed by atoms with Crippen LogP contribution in [0, 0.1) is 0 Å². The minimum absolute atomic E-state index is 0.340. The highest BCUT2D eigenvalue weighted by molar-refractivity contribution is 6.30. The molecular weight excluding hydrogens is 314 g/mol. The van der Waals surface area contributed by atoms with Crippen LogP contribution in [-0.2, 0) is 11.3 Å². The number of halogens is 1. The van der Waals surface area contributed by atoms with E-state index >= 15 is 0 Å². The van der Waals surface area contributed by atoms with Crippen LogP contribution in [0.4, 0.5) is 0 Å². The molecule has 0 aliphatic rings. The third-order valence-electron chi connectivity index (χ3n) is 3.40. The molecular formula is C18H16ClNO3. The molecule has 1 N–H and O–H groups in total. The van der Waals surface area contributed by atoms with Crippen molar-refractivity contribution in [1.29, 1.82) is 0 Å². The molecule has 0 aliphatic carbocycles. The number of H-pyrrole nitrogens is 1. The maximum atomic E-state index is 11.8. The Balaban J connectivity index is 1.84. The molecule has 0 spiro atoms. The van der Waals surface area contributed by atoms with Gasteiger partial charge in [-0.25, -0.2) is 4.79 Å². The molecule has 0 bridgehead atoms. The smallest absolute Gasteiger partial charge is 0.354 e. The third kappa shape index (κ3) is 3.48. The van der Waals surface area contributed by atoms with Crippen molar-refractivity contribution in [1.82, 2.24) is 4.98 Å². The molecule has 0 aliphatic heterocycles. The van der Waals surface area contributed by atoms with E-state index in [2.05, 4.69) is 4.98 Å². The Morgan fingerprint density at radius 2 is 2.00 bits per heavy atom. The van der Waals surface area contributed by atoms with Crippen LogP contribution in [-0.4, -0.2) is 17.6 Å². The van der Waals surface area contributed by atoms with Crippen molar-refractivity contribution in [3.05, 3.63) is 64.8 Å². The lowest BCUT2D eigenvalue weighted by Crippen LogP contribution is -2.04. The second kappa shape index (κ2) is 6.75. The molecule has 0 saturated carbocycles. The number of aromatic amines is 1. The SMILES string of the molecule is CCOC(=O)c1cc2c(OCc3cccc(Cl)c3)cccc2[nH]1. The average molecular weight is 330 g/mol. The topological polar surface area (TPSA) is 51.3 Å². The highest BCUT2D eigenvalue weighted by atomic mass is 35.5. The van der Waals surface area contributed by atoms with Gasteiger partial charge in [-0.05, 0) is 42.8 Å². The van der Waals surface area contributed by atoms with Crippen LogP contribution in [0.2, 0.25) is 5.02 Å². The van der Waals surface area contributed by atoms with E-state index < -0.39 is 0 Å². The molecule has 0 atom stereocenters. The molecule has 0 fully saturated rings. The van der Waals surface area contributed by atoms with Gasteiger partial charge >= 0.3 is 5.97 Å². The summed E-state index contributed by atoms with van der Waals surface area (Å²) < 4.78 is 10.9. The number of aromatic nitrogens is 1. The molecule has 3 rings (SSSR count). The normalized spacial score (nSPS) is 10.7. The summed E-state index contributed by atoms with van der Waals surface area (Å²) >= 11 is 5.98. The van der Waals surface area contributed by atoms with Gasteiger partial charge < -0.3 is 14.5 Å². The first-order chi connectivity index (χ1) is 11.2. The molecule has 0 amide bonds. The Bertz CT molecular complexity index is 841. The first-order valence-electron chi connectivity index (χ1n) is 7.33. The third-order valence-corrected chi connectivity index (χ3v) is 3.64. The lowest BCUT2D eigenvalue weighted by atomic mass is 10.2. The number of hydrogen-bond acceptors (Lipinski definition) is 3. The largest absolute Gasteiger partial charge is 0.488 e. The van der Waals surface area contributed by atoms with Crippen molar-refractivity contribution in [2.45, 2.75) is 13.5 Å². The van der Waals surface area contributed by atoms with E-state index in [0.29, 0.717) is 29.7 Å². The number of esters is 1. The molecule has 1 aromatic heterocycles. The van der Waals surface area contributed by atoms with Crippen LogP contribution in [0.3, 0.4) is 0 Å². The van der Waals surface area contributed by atoms with Gasteiger partial charge in [0.2, 0.25) is 0 Å². The standard InChI is InChI=1S/C18H16ClNO3/c1-2-22-18(21)16-10-14-15(20-16)7-4-8-17(14)23-11-12-5-3-6-13(19)9-12/h3-10,20H,2,11H2,1H3. The highest BCUT2D eigenvalue weighted by Crippen LogP contribution is 2.27. The molecule has 0 unspecified atom stereocenters. The zero-order chi connectivity index (χ0) is 16.2. The highest BCUT2D eigenvalue weighted by Gasteiger charge is 2.13. The monoisotopic (exact) mass is 329 g/mol. The summed E-state index contributed by atoms with van der Waals surface area (Å²) in [6.07, 6.45) is 0. The first-order valence-corrected chi connectivity index (χ1v) is 7.71. The van der Waals surface area contributed by atoms with Gasteiger partial charge in [-0.1, -0.05) is 29.8 Å². The van der Waals surface area contributed by atoms with Gasteiger partial charge in [-0.3, -0.25) is 0 Å². The van der Waals surface area contributed by atoms with Gasteiger partial charge in [0.15, 0.2) is 0 Å². The summed E-state index contributed by atoms with van der Waals surface area (Å²) in [5.74, 6) is 0.332. The summed E-state index contributed by atoms with van der Waals surface area (Å²) in [6, 6.07) is 14.9. The summed E-state index contributed by atoms with van der Waals surface area (Å²) in [5, 5.41) is 1.52. The van der Waals surface area contributed by atoms with Gasteiger partial charge in [-0.15, -0.1) is 0 Å². The van der Waals surface area contributed by atoms with E-state index in [1.54, 1.807) is 13.0 Å². The van der Waals surface area contributed by atoms with E-state index in [1.165, 1.54) is 0 Å². The lowest BCUT2D eigenvalue weighted by molar-refractivity contribution is 0.0520. The molecule has 3 aromatic rings. The van der Waals surface area contributed by atoms with Crippen LogP contribution >= 0.6 is 11.6 Å². The number of carbonyl (C=O) groups is 1. The van der Waals surface area contributed by atoms with E-state index in [9.17, 15) is 4.79 Å². The quantitative estimate of drug-likeness (QED) is 0.697. The molecule has 4 nitrogen and oxygen atoms in total. The van der Waals surface area contributed by atoms with Gasteiger partial charge in [0, 0.05) is 15.9 Å². The molecule has 118 valence electrons. The van der Waals surface area contributed by atoms with Crippen molar-refractivity contribution in [3.63, 3.8) is 0 Å². The number of benzene rings is 2. The lowest BCUT2D eigenvalue weighted by Gasteiger charge is -2.07. The Morgan fingerprint density at radius 1 is 1.17 bits per heavy atom. The van der Waals surface area contributed by atoms with Crippen molar-refractivity contribution in [3.8, 4) is 5.75 Å². The minimum Gasteiger partial charge on any atom is -0.488 e. The maximum absolute atomic E-state index is 11.8. The Morgan fingerprint density at radius 3 is 2.78 bits per heavy atom. The molecule has 23 heavy (non-hydrogen) atoms. The molecule has 0 radical (unpaired) electrons. The van der Waals surface area contributed by atoms with Crippen molar-refractivity contribution < 1.29 is 14.3 Å². The number of fused-ring (bicyclic) bond motifs is 1. The van der Waals surface area contributed by atoms with Gasteiger partial charge in [0.25, 0.3) is 0 Å². The second-order valence-electron chi connectivity index (χ2n) is 5.04. The fourth-order valence-electron chi connectivity index (χ4n) is 2.36. The van der Waals surface area contributed by atoms with Gasteiger partial charge in [0.05, 0.1) is 6.61 Å². The summed E-state index contributed by atoms with van der Waals surface area (Å²) in [4.78, 5) is 14.9. The van der Waals surface area contributed by atoms with Gasteiger partial charge in [0.1, 0.15) is 18.1 Å². The summed E-state index contributed by atoms with van der Waals surface area (Å²) in [7, 11) is 0. The van der Waals surface area contributed by atoms with Crippen LogP contribution in [0.25, 0.3) is 10.9 Å². The summed E-state index contributed by atoms with van der Waals surface area (Å²) in [5.41, 5.74) is 2.23. The summed E-state index contributed by atoms with van der Waals surface area (Å²) in [6.45, 7) is 2.52. The zero-order valence-electron chi connectivity index (χ0n) is 12.6. The molecule has 2 aromatic carbocycles. The Kier molecular flexibility index (Phi) is 4.53. The van der Waals surface area contributed by atoms with Crippen molar-refractivity contribution in [2.24, 2.45) is 0 Å². The Labute approximate surface area is 139 Å². The second-order valence-corrected chi connectivity index (χ2v) is 5.48. The predicted molar refractivity (Wildman–Crippen MR) is 90.0 cm³/mol. The fourth-order valence-corrected chi connectivity index (χ4v) is 2.57. The van der Waals surface area contributed by atoms with Crippen LogP contribution in [0.5, 0.6) is 5.75 Å². The van der Waals surface area contributed by atoms with Crippen LogP contribution < -0.4 is 4.74 Å². The van der Waals surface area contributed by atoms with E-state index in [1.807, 2.05) is 42.5 Å². The van der Waals surface area contributed by atoms with Gasteiger partial charge in [-0.2, -0.15) is 0 Å². The number of carbonyl (C=O) groups excluding carboxylic acids is 1. The maximum Gasteiger partial charge on any atom is 0.354 e. The number of rotatable bonds is 5. The van der Waals surface area contributed by atoms with Crippen LogP contribution in [0.15, 0.2) is 48.5 Å². The van der Waals surface area contributed by atoms with E-state index in [0.717, 1.165) is 16.5 Å². The number of nitrogens with one attached hydrogen (secondary N) is 1. The zero-order valence-corrected chi connectivity index (χ0v) is 13.4. The fraction of sp³-hybridized carbons (Fsp3) is 0.167. The molecule has 1 heterocycles. The van der Waals surface area contributed by atoms with E-state index in [4.69, 9.17) is 21.1 Å². The Hall–Kier alpha value is -2.46.